The van der Waals surface area contributed by atoms with Gasteiger partial charge in [0.1, 0.15) is 5.70 Å². The maximum atomic E-state index is 12.5. The van der Waals surface area contributed by atoms with Crippen molar-refractivity contribution in [3.8, 4) is 0 Å². The van der Waals surface area contributed by atoms with E-state index in [0.717, 1.165) is 10.4 Å². The molecule has 0 saturated carbocycles. The highest BCUT2D eigenvalue weighted by Gasteiger charge is 2.14. The van der Waals surface area contributed by atoms with Crippen molar-refractivity contribution >= 4 is 35.4 Å². The summed E-state index contributed by atoms with van der Waals surface area (Å²) < 4.78 is 0. The molecule has 2 heterocycles. The Morgan fingerprint density at radius 3 is 2.59 bits per heavy atom. The van der Waals surface area contributed by atoms with Gasteiger partial charge in [-0.2, -0.15) is 5.10 Å². The van der Waals surface area contributed by atoms with Gasteiger partial charge in [-0.05, 0) is 35.7 Å². The van der Waals surface area contributed by atoms with Gasteiger partial charge in [0.25, 0.3) is 11.8 Å². The summed E-state index contributed by atoms with van der Waals surface area (Å²) in [5.41, 5.74) is 3.74. The van der Waals surface area contributed by atoms with Crippen LogP contribution in [0.5, 0.6) is 0 Å². The van der Waals surface area contributed by atoms with E-state index in [4.69, 9.17) is 0 Å². The number of hydrogen-bond donors (Lipinski definition) is 2. The highest BCUT2D eigenvalue weighted by molar-refractivity contribution is 7.10. The summed E-state index contributed by atoms with van der Waals surface area (Å²) in [7, 11) is 0. The summed E-state index contributed by atoms with van der Waals surface area (Å²) in [5, 5.41) is 8.46. The van der Waals surface area contributed by atoms with Crippen molar-refractivity contribution in [2.75, 3.05) is 0 Å². The van der Waals surface area contributed by atoms with Crippen LogP contribution in [0.2, 0.25) is 0 Å². The third kappa shape index (κ3) is 5.45. The third-order valence-corrected chi connectivity index (χ3v) is 4.24. The first-order valence-electron chi connectivity index (χ1n) is 8.07. The Morgan fingerprint density at radius 2 is 1.89 bits per heavy atom. The van der Waals surface area contributed by atoms with E-state index >= 15 is 0 Å². The average molecular weight is 376 g/mol. The third-order valence-electron chi connectivity index (χ3n) is 3.42. The van der Waals surface area contributed by atoms with E-state index in [2.05, 4.69) is 20.8 Å². The van der Waals surface area contributed by atoms with Gasteiger partial charge in [0, 0.05) is 28.4 Å². The van der Waals surface area contributed by atoms with Crippen molar-refractivity contribution < 1.29 is 9.59 Å². The summed E-state index contributed by atoms with van der Waals surface area (Å²) in [5.74, 6) is -0.891. The monoisotopic (exact) mass is 376 g/mol. The fourth-order valence-electron chi connectivity index (χ4n) is 2.14. The Hall–Kier alpha value is -3.58. The highest BCUT2D eigenvalue weighted by atomic mass is 32.1. The number of hydrogen-bond acceptors (Lipinski definition) is 5. The quantitative estimate of drug-likeness (QED) is 0.394. The molecule has 6 nitrogen and oxygen atoms in total. The first-order valence-corrected chi connectivity index (χ1v) is 8.95. The van der Waals surface area contributed by atoms with Crippen LogP contribution in [0, 0.1) is 0 Å². The standard InChI is InChI=1S/C20H16N4O2S/c25-19(16-7-2-1-3-8-16)23-18(12-17-9-5-11-27-17)20(26)24-22-14-15-6-4-10-21-13-15/h1-14H,(H,23,25)(H,24,26)/b18-12+,22-14-. The Labute approximate surface area is 160 Å². The van der Waals surface area contributed by atoms with E-state index < -0.39 is 5.91 Å². The van der Waals surface area contributed by atoms with Gasteiger partial charge in [-0.15, -0.1) is 11.3 Å². The van der Waals surface area contributed by atoms with E-state index in [1.165, 1.54) is 17.6 Å². The normalized spacial score (nSPS) is 11.3. The first-order chi connectivity index (χ1) is 13.2. The molecular weight excluding hydrogens is 360 g/mol. The van der Waals surface area contributed by atoms with E-state index in [1.807, 2.05) is 29.6 Å². The summed E-state index contributed by atoms with van der Waals surface area (Å²) in [6.45, 7) is 0. The zero-order valence-corrected chi connectivity index (χ0v) is 15.0. The van der Waals surface area contributed by atoms with Gasteiger partial charge in [0.05, 0.1) is 6.21 Å². The molecule has 2 aromatic heterocycles. The van der Waals surface area contributed by atoms with Gasteiger partial charge in [-0.25, -0.2) is 5.43 Å². The molecule has 0 bridgehead atoms. The summed E-state index contributed by atoms with van der Waals surface area (Å²) in [6.07, 6.45) is 6.36. The van der Waals surface area contributed by atoms with E-state index in [9.17, 15) is 9.59 Å². The van der Waals surface area contributed by atoms with Gasteiger partial charge in [0.15, 0.2) is 0 Å². The molecule has 0 atom stereocenters. The lowest BCUT2D eigenvalue weighted by atomic mass is 10.2. The van der Waals surface area contributed by atoms with Crippen molar-refractivity contribution in [2.24, 2.45) is 5.10 Å². The van der Waals surface area contributed by atoms with Gasteiger partial charge in [-0.3, -0.25) is 14.6 Å². The molecule has 3 aromatic rings. The number of amides is 2. The van der Waals surface area contributed by atoms with E-state index in [-0.39, 0.29) is 11.6 Å². The number of hydrazone groups is 1. The lowest BCUT2D eigenvalue weighted by Gasteiger charge is -2.08. The van der Waals surface area contributed by atoms with Crippen molar-refractivity contribution in [3.05, 3.63) is 94.1 Å². The molecule has 2 N–H and O–H groups in total. The molecule has 0 spiro atoms. The maximum absolute atomic E-state index is 12.5. The predicted molar refractivity (Wildman–Crippen MR) is 106 cm³/mol. The molecule has 1 aromatic carbocycles. The van der Waals surface area contributed by atoms with Crippen LogP contribution in [0.25, 0.3) is 6.08 Å². The molecule has 27 heavy (non-hydrogen) atoms. The summed E-state index contributed by atoms with van der Waals surface area (Å²) >= 11 is 1.46. The number of pyridine rings is 1. The van der Waals surface area contributed by atoms with Crippen LogP contribution in [0.1, 0.15) is 20.8 Å². The van der Waals surface area contributed by atoms with Crippen LogP contribution in [0.4, 0.5) is 0 Å². The molecule has 0 unspecified atom stereocenters. The molecule has 7 heteroatoms. The minimum atomic E-state index is -0.521. The van der Waals surface area contributed by atoms with Crippen molar-refractivity contribution in [1.82, 2.24) is 15.7 Å². The van der Waals surface area contributed by atoms with Crippen LogP contribution in [0.3, 0.4) is 0 Å². The SMILES string of the molecule is O=C(N/N=C\c1cccnc1)/C(=C\c1cccs1)NC(=O)c1ccccc1. The highest BCUT2D eigenvalue weighted by Crippen LogP contribution is 2.13. The summed E-state index contributed by atoms with van der Waals surface area (Å²) in [6, 6.07) is 16.0. The molecule has 0 aliphatic rings. The Bertz CT molecular complexity index is 952. The van der Waals surface area contributed by atoms with Crippen LogP contribution >= 0.6 is 11.3 Å². The molecule has 0 fully saturated rings. The molecular formula is C20H16N4O2S. The van der Waals surface area contributed by atoms with Gasteiger partial charge < -0.3 is 5.32 Å². The lowest BCUT2D eigenvalue weighted by molar-refractivity contribution is -0.117. The van der Waals surface area contributed by atoms with Crippen molar-refractivity contribution in [2.45, 2.75) is 0 Å². The van der Waals surface area contributed by atoms with Crippen LogP contribution in [-0.4, -0.2) is 23.0 Å². The van der Waals surface area contributed by atoms with Crippen LogP contribution < -0.4 is 10.7 Å². The average Bonchev–Trinajstić information content (AvgIpc) is 3.22. The molecule has 0 aliphatic heterocycles. The van der Waals surface area contributed by atoms with Gasteiger partial charge in [0.2, 0.25) is 0 Å². The van der Waals surface area contributed by atoms with E-state index in [0.29, 0.717) is 5.56 Å². The minimum Gasteiger partial charge on any atom is -0.317 e. The number of nitrogens with one attached hydrogen (secondary N) is 2. The number of nitrogens with zero attached hydrogens (tertiary/aromatic N) is 2. The lowest BCUT2D eigenvalue weighted by Crippen LogP contribution is -2.32. The fraction of sp³-hybridized carbons (Fsp3) is 0. The van der Waals surface area contributed by atoms with Crippen molar-refractivity contribution in [1.29, 1.82) is 0 Å². The Morgan fingerprint density at radius 1 is 1.04 bits per heavy atom. The molecule has 0 radical (unpaired) electrons. The molecule has 0 saturated heterocycles. The smallest absolute Gasteiger partial charge is 0.287 e. The van der Waals surface area contributed by atoms with Gasteiger partial charge in [-0.1, -0.05) is 30.3 Å². The second-order valence-electron chi connectivity index (χ2n) is 5.38. The first kappa shape index (κ1) is 18.2. The minimum absolute atomic E-state index is 0.106. The largest absolute Gasteiger partial charge is 0.317 e. The van der Waals surface area contributed by atoms with Gasteiger partial charge >= 0.3 is 0 Å². The fourth-order valence-corrected chi connectivity index (χ4v) is 2.79. The number of carbonyl (C=O) groups is 2. The van der Waals surface area contributed by atoms with E-state index in [1.54, 1.807) is 48.8 Å². The predicted octanol–water partition coefficient (Wildman–Crippen LogP) is 3.06. The number of thiophene rings is 1. The Balaban J connectivity index is 1.74. The molecule has 0 aliphatic carbocycles. The zero-order chi connectivity index (χ0) is 18.9. The van der Waals surface area contributed by atoms with Crippen LogP contribution in [0.15, 0.2) is 83.2 Å². The number of benzene rings is 1. The second kappa shape index (κ2) is 9.21. The summed E-state index contributed by atoms with van der Waals surface area (Å²) in [4.78, 5) is 29.7. The number of carbonyl (C=O) groups excluding carboxylic acids is 2. The zero-order valence-electron chi connectivity index (χ0n) is 14.2. The maximum Gasteiger partial charge on any atom is 0.287 e. The molecule has 2 amide bonds. The number of aromatic nitrogens is 1. The van der Waals surface area contributed by atoms with Crippen molar-refractivity contribution in [3.63, 3.8) is 0 Å². The topological polar surface area (TPSA) is 83.4 Å². The Kier molecular flexibility index (Phi) is 6.21. The van der Waals surface area contributed by atoms with Crippen LogP contribution in [-0.2, 0) is 4.79 Å². The second-order valence-corrected chi connectivity index (χ2v) is 6.36. The molecule has 134 valence electrons. The molecule has 3 rings (SSSR count). The number of rotatable bonds is 6.